The first-order chi connectivity index (χ1) is 13.6. The molecule has 2 amide bonds. The van der Waals surface area contributed by atoms with Crippen molar-refractivity contribution in [2.45, 2.75) is 32.2 Å². The molecule has 1 atom stereocenters. The van der Waals surface area contributed by atoms with E-state index in [4.69, 9.17) is 0 Å². The van der Waals surface area contributed by atoms with Gasteiger partial charge in [-0.15, -0.1) is 17.9 Å². The Hall–Kier alpha value is -2.40. The molecule has 0 spiro atoms. The number of amides is 2. The number of aryl methyl sites for hydroxylation is 1. The van der Waals surface area contributed by atoms with Crippen molar-refractivity contribution in [3.8, 4) is 0 Å². The Morgan fingerprint density at radius 1 is 1.25 bits per heavy atom. The number of rotatable bonds is 6. The van der Waals surface area contributed by atoms with Crippen molar-refractivity contribution in [2.75, 3.05) is 19.6 Å². The van der Waals surface area contributed by atoms with Gasteiger partial charge in [-0.25, -0.2) is 0 Å². The number of fused-ring (bicyclic) bond motifs is 1. The number of hydrogen-bond acceptors (Lipinski definition) is 3. The van der Waals surface area contributed by atoms with Crippen molar-refractivity contribution < 1.29 is 9.59 Å². The molecule has 0 radical (unpaired) electrons. The van der Waals surface area contributed by atoms with Gasteiger partial charge in [0, 0.05) is 23.9 Å². The molecule has 1 aromatic carbocycles. The standard InChI is InChI=1S/C23H26N2O2S/c1-3-12-24(23(27)18-8-9-18)15-21(26)25-13-10-20-19(11-14-28-20)22(25)17-6-4-16(2)5-7-17/h3-7,11,14,18,22H,1,8-10,12-13,15H2,2H3/t22-/m0/s1. The van der Waals surface area contributed by atoms with Crippen molar-refractivity contribution in [1.82, 2.24) is 9.80 Å². The van der Waals surface area contributed by atoms with E-state index in [0.29, 0.717) is 13.1 Å². The lowest BCUT2D eigenvalue weighted by molar-refractivity contribution is -0.142. The van der Waals surface area contributed by atoms with Crippen molar-refractivity contribution >= 4 is 23.2 Å². The minimum atomic E-state index is -0.0790. The Balaban J connectivity index is 1.60. The van der Waals surface area contributed by atoms with Gasteiger partial charge in [-0.2, -0.15) is 0 Å². The van der Waals surface area contributed by atoms with Crippen LogP contribution in [-0.4, -0.2) is 41.2 Å². The number of benzene rings is 1. The van der Waals surface area contributed by atoms with Gasteiger partial charge in [0.05, 0.1) is 6.04 Å². The molecule has 28 heavy (non-hydrogen) atoms. The molecule has 1 fully saturated rings. The van der Waals surface area contributed by atoms with Gasteiger partial charge in [-0.3, -0.25) is 9.59 Å². The highest BCUT2D eigenvalue weighted by atomic mass is 32.1. The highest BCUT2D eigenvalue weighted by Crippen LogP contribution is 2.38. The van der Waals surface area contributed by atoms with E-state index in [9.17, 15) is 9.59 Å². The van der Waals surface area contributed by atoms with E-state index in [1.165, 1.54) is 16.0 Å². The van der Waals surface area contributed by atoms with Crippen molar-refractivity contribution in [2.24, 2.45) is 5.92 Å². The molecule has 2 aliphatic rings. The van der Waals surface area contributed by atoms with Crippen LogP contribution in [0.25, 0.3) is 0 Å². The second kappa shape index (κ2) is 7.92. The lowest BCUT2D eigenvalue weighted by Crippen LogP contribution is -2.47. The maximum Gasteiger partial charge on any atom is 0.243 e. The van der Waals surface area contributed by atoms with Gasteiger partial charge in [-0.1, -0.05) is 35.9 Å². The zero-order valence-electron chi connectivity index (χ0n) is 16.3. The predicted octanol–water partition coefficient (Wildman–Crippen LogP) is 3.96. The largest absolute Gasteiger partial charge is 0.330 e. The first-order valence-corrected chi connectivity index (χ1v) is 10.8. The van der Waals surface area contributed by atoms with Crippen molar-refractivity contribution in [1.29, 1.82) is 0 Å². The molecule has 2 heterocycles. The first kappa shape index (κ1) is 18.9. The minimum absolute atomic E-state index is 0.0123. The van der Waals surface area contributed by atoms with Gasteiger partial charge < -0.3 is 9.80 Å². The Kier molecular flexibility index (Phi) is 5.36. The molecule has 146 valence electrons. The van der Waals surface area contributed by atoms with E-state index in [-0.39, 0.29) is 30.3 Å². The van der Waals surface area contributed by atoms with Gasteiger partial charge >= 0.3 is 0 Å². The van der Waals surface area contributed by atoms with Gasteiger partial charge in [0.25, 0.3) is 0 Å². The molecule has 2 aromatic rings. The van der Waals surface area contributed by atoms with Crippen LogP contribution in [0.1, 0.15) is 40.5 Å². The topological polar surface area (TPSA) is 40.6 Å². The third-order valence-corrected chi connectivity index (χ3v) is 6.59. The third-order valence-electron chi connectivity index (χ3n) is 5.59. The fourth-order valence-corrected chi connectivity index (χ4v) is 4.83. The van der Waals surface area contributed by atoms with Crippen LogP contribution >= 0.6 is 11.3 Å². The summed E-state index contributed by atoms with van der Waals surface area (Å²) in [5.74, 6) is 0.206. The molecule has 1 aliphatic carbocycles. The Morgan fingerprint density at radius 2 is 2.00 bits per heavy atom. The van der Waals surface area contributed by atoms with E-state index < -0.39 is 0 Å². The molecule has 5 heteroatoms. The van der Waals surface area contributed by atoms with Gasteiger partial charge in [0.2, 0.25) is 11.8 Å². The smallest absolute Gasteiger partial charge is 0.243 e. The quantitative estimate of drug-likeness (QED) is 0.696. The number of hydrogen-bond donors (Lipinski definition) is 0. The third kappa shape index (κ3) is 3.76. The molecule has 0 bridgehead atoms. The number of carbonyl (C=O) groups is 2. The van der Waals surface area contributed by atoms with E-state index in [2.05, 4.69) is 49.2 Å². The molecular weight excluding hydrogens is 368 g/mol. The van der Waals surface area contributed by atoms with Crippen LogP contribution < -0.4 is 0 Å². The monoisotopic (exact) mass is 394 g/mol. The SMILES string of the molecule is C=CCN(CC(=O)N1CCc2sccc2[C@@H]1c1ccc(C)cc1)C(=O)C1CC1. The van der Waals surface area contributed by atoms with Crippen molar-refractivity contribution in [3.63, 3.8) is 0 Å². The molecule has 1 aliphatic heterocycles. The van der Waals surface area contributed by atoms with E-state index in [0.717, 1.165) is 24.8 Å². The summed E-state index contributed by atoms with van der Waals surface area (Å²) in [7, 11) is 0. The van der Waals surface area contributed by atoms with Crippen LogP contribution in [0.2, 0.25) is 0 Å². The average Bonchev–Trinajstić information content (AvgIpc) is 3.44. The van der Waals surface area contributed by atoms with Gasteiger partial charge in [0.1, 0.15) is 6.54 Å². The molecule has 0 saturated heterocycles. The Morgan fingerprint density at radius 3 is 2.68 bits per heavy atom. The zero-order chi connectivity index (χ0) is 19.7. The molecule has 4 rings (SSSR count). The number of carbonyl (C=O) groups excluding carboxylic acids is 2. The Labute approximate surface area is 170 Å². The Bertz CT molecular complexity index is 882. The maximum absolute atomic E-state index is 13.3. The van der Waals surface area contributed by atoms with Crippen LogP contribution in [0.3, 0.4) is 0 Å². The summed E-state index contributed by atoms with van der Waals surface area (Å²) in [5.41, 5.74) is 3.55. The summed E-state index contributed by atoms with van der Waals surface area (Å²) >= 11 is 1.76. The van der Waals surface area contributed by atoms with E-state index >= 15 is 0 Å². The minimum Gasteiger partial charge on any atom is -0.330 e. The lowest BCUT2D eigenvalue weighted by Gasteiger charge is -2.37. The number of thiophene rings is 1. The van der Waals surface area contributed by atoms with Crippen LogP contribution in [0.15, 0.2) is 48.4 Å². The summed E-state index contributed by atoms with van der Waals surface area (Å²) in [5, 5.41) is 2.11. The molecule has 0 N–H and O–H groups in total. The first-order valence-electron chi connectivity index (χ1n) is 9.90. The van der Waals surface area contributed by atoms with Crippen LogP contribution in [-0.2, 0) is 16.0 Å². The lowest BCUT2D eigenvalue weighted by atomic mass is 9.92. The fourth-order valence-electron chi connectivity index (χ4n) is 3.92. The second-order valence-electron chi connectivity index (χ2n) is 7.73. The summed E-state index contributed by atoms with van der Waals surface area (Å²) in [6.45, 7) is 7.07. The highest BCUT2D eigenvalue weighted by Gasteiger charge is 2.37. The highest BCUT2D eigenvalue weighted by molar-refractivity contribution is 7.10. The maximum atomic E-state index is 13.3. The van der Waals surface area contributed by atoms with Gasteiger partial charge in [-0.05, 0) is 48.8 Å². The summed E-state index contributed by atoms with van der Waals surface area (Å²) in [6, 6.07) is 10.5. The summed E-state index contributed by atoms with van der Waals surface area (Å²) in [6.07, 6.45) is 4.46. The number of nitrogens with zero attached hydrogens (tertiary/aromatic N) is 2. The van der Waals surface area contributed by atoms with Crippen LogP contribution in [0, 0.1) is 12.8 Å². The molecule has 1 aromatic heterocycles. The molecule has 4 nitrogen and oxygen atoms in total. The van der Waals surface area contributed by atoms with Crippen molar-refractivity contribution in [3.05, 3.63) is 69.9 Å². The van der Waals surface area contributed by atoms with Gasteiger partial charge in [0.15, 0.2) is 0 Å². The van der Waals surface area contributed by atoms with E-state index in [1.807, 2.05) is 4.90 Å². The predicted molar refractivity (Wildman–Crippen MR) is 112 cm³/mol. The van der Waals surface area contributed by atoms with Crippen LogP contribution in [0.5, 0.6) is 0 Å². The molecular formula is C23H26N2O2S. The summed E-state index contributed by atoms with van der Waals surface area (Å²) in [4.78, 5) is 30.9. The summed E-state index contributed by atoms with van der Waals surface area (Å²) < 4.78 is 0. The van der Waals surface area contributed by atoms with Crippen LogP contribution in [0.4, 0.5) is 0 Å². The molecule has 1 saturated carbocycles. The molecule has 0 unspecified atom stereocenters. The second-order valence-corrected chi connectivity index (χ2v) is 8.73. The zero-order valence-corrected chi connectivity index (χ0v) is 17.1. The van der Waals surface area contributed by atoms with E-state index in [1.54, 1.807) is 22.3 Å². The fraction of sp³-hybridized carbons (Fsp3) is 0.391. The average molecular weight is 395 g/mol. The normalized spacial score (nSPS) is 18.5.